The normalized spacial score (nSPS) is 21.8. The van der Waals surface area contributed by atoms with Crippen LogP contribution in [0.2, 0.25) is 10.0 Å². The van der Waals surface area contributed by atoms with Crippen LogP contribution in [0.15, 0.2) is 18.2 Å². The fraction of sp³-hybridized carbons (Fsp3) is 0.650. The molecule has 2 heterocycles. The predicted molar refractivity (Wildman–Crippen MR) is 117 cm³/mol. The first-order chi connectivity index (χ1) is 13.9. The molecule has 0 aromatic heterocycles. The molecule has 0 aliphatic carbocycles. The summed E-state index contributed by atoms with van der Waals surface area (Å²) in [5.74, 6) is -0.631. The fourth-order valence-electron chi connectivity index (χ4n) is 4.02. The van der Waals surface area contributed by atoms with Crippen LogP contribution in [-0.4, -0.2) is 62.8 Å². The first-order valence-electron chi connectivity index (χ1n) is 10.3. The third kappa shape index (κ3) is 6.31. The number of nitrogens with zero attached hydrogens (tertiary/aromatic N) is 2. The van der Waals surface area contributed by atoms with Crippen molar-refractivity contribution in [2.24, 2.45) is 5.92 Å². The van der Waals surface area contributed by atoms with Gasteiger partial charge in [-0.3, -0.25) is 4.79 Å². The van der Waals surface area contributed by atoms with Crippen molar-refractivity contribution in [3.63, 3.8) is 0 Å². The van der Waals surface area contributed by atoms with Gasteiger partial charge in [-0.15, -0.1) is 0 Å². The van der Waals surface area contributed by atoms with Crippen molar-refractivity contribution < 1.29 is 13.2 Å². The summed E-state index contributed by atoms with van der Waals surface area (Å²) >= 11 is 12.3. The number of rotatable bonds is 7. The third-order valence-corrected chi connectivity index (χ3v) is 8.19. The molecule has 1 aromatic rings. The van der Waals surface area contributed by atoms with Crippen molar-refractivity contribution in [1.82, 2.24) is 14.5 Å². The molecule has 3 rings (SSSR count). The van der Waals surface area contributed by atoms with Crippen molar-refractivity contribution in [1.29, 1.82) is 0 Å². The van der Waals surface area contributed by atoms with Crippen molar-refractivity contribution in [2.45, 2.75) is 37.9 Å². The molecule has 2 aliphatic heterocycles. The zero-order valence-corrected chi connectivity index (χ0v) is 18.9. The van der Waals surface area contributed by atoms with Crippen LogP contribution in [0.3, 0.4) is 0 Å². The minimum atomic E-state index is -3.61. The molecule has 1 atom stereocenters. The van der Waals surface area contributed by atoms with Crippen molar-refractivity contribution >= 4 is 39.1 Å². The number of piperidine rings is 2. The molecule has 162 valence electrons. The highest BCUT2D eigenvalue weighted by molar-refractivity contribution is 7.88. The molecule has 0 radical (unpaired) electrons. The molecule has 9 heteroatoms. The molecule has 29 heavy (non-hydrogen) atoms. The molecular weight excluding hydrogens is 433 g/mol. The molecule has 1 N–H and O–H groups in total. The first kappa shape index (κ1) is 22.8. The van der Waals surface area contributed by atoms with Gasteiger partial charge < -0.3 is 10.2 Å². The maximum atomic E-state index is 12.9. The van der Waals surface area contributed by atoms with Gasteiger partial charge in [0, 0.05) is 41.8 Å². The average molecular weight is 462 g/mol. The Balaban J connectivity index is 1.54. The predicted octanol–water partition coefficient (Wildman–Crippen LogP) is 3.14. The summed E-state index contributed by atoms with van der Waals surface area (Å²) in [6.07, 6.45) is 5.10. The van der Waals surface area contributed by atoms with E-state index in [0.717, 1.165) is 19.6 Å². The lowest BCUT2D eigenvalue weighted by atomic mass is 9.99. The van der Waals surface area contributed by atoms with Crippen molar-refractivity contribution in [3.05, 3.63) is 33.8 Å². The summed E-state index contributed by atoms with van der Waals surface area (Å²) in [5.41, 5.74) is 0.406. The maximum Gasteiger partial charge on any atom is 0.224 e. The Morgan fingerprint density at radius 2 is 1.76 bits per heavy atom. The van der Waals surface area contributed by atoms with E-state index in [9.17, 15) is 13.2 Å². The minimum Gasteiger partial charge on any atom is -0.355 e. The number of carbonyl (C=O) groups excluding carboxylic acids is 1. The molecule has 1 amide bonds. The fourth-order valence-corrected chi connectivity index (χ4v) is 6.38. The Morgan fingerprint density at radius 3 is 2.45 bits per heavy atom. The highest BCUT2D eigenvalue weighted by Gasteiger charge is 2.33. The van der Waals surface area contributed by atoms with E-state index in [-0.39, 0.29) is 24.1 Å². The summed E-state index contributed by atoms with van der Waals surface area (Å²) < 4.78 is 27.2. The second-order valence-corrected chi connectivity index (χ2v) is 10.6. The lowest BCUT2D eigenvalue weighted by Crippen LogP contribution is -2.47. The van der Waals surface area contributed by atoms with Crippen molar-refractivity contribution in [3.8, 4) is 0 Å². The van der Waals surface area contributed by atoms with Gasteiger partial charge >= 0.3 is 0 Å². The molecule has 0 saturated carbocycles. The zero-order valence-electron chi connectivity index (χ0n) is 16.6. The van der Waals surface area contributed by atoms with Gasteiger partial charge in [0.05, 0.1) is 11.7 Å². The second kappa shape index (κ2) is 10.4. The number of halogens is 2. The van der Waals surface area contributed by atoms with E-state index in [1.807, 2.05) is 0 Å². The largest absolute Gasteiger partial charge is 0.355 e. The number of likely N-dealkylation sites (tertiary alicyclic amines) is 1. The van der Waals surface area contributed by atoms with Crippen LogP contribution in [0.5, 0.6) is 0 Å². The standard InChI is InChI=1S/C20H29Cl2N3O3S/c21-18-7-4-8-19(22)17(18)15-29(27,28)25-12-5-6-16(14-25)20(26)23-9-13-24-10-2-1-3-11-24/h4,7-8,16H,1-3,5-6,9-15H2,(H,23,26)/t16-/m0/s1. The molecule has 6 nitrogen and oxygen atoms in total. The van der Waals surface area contributed by atoms with Crippen LogP contribution in [0.4, 0.5) is 0 Å². The Hall–Kier alpha value is -0.860. The van der Waals surface area contributed by atoms with Crippen LogP contribution >= 0.6 is 23.2 Å². The summed E-state index contributed by atoms with van der Waals surface area (Å²) in [6.45, 7) is 4.27. The Morgan fingerprint density at radius 1 is 1.07 bits per heavy atom. The average Bonchev–Trinajstić information content (AvgIpc) is 2.72. The van der Waals surface area contributed by atoms with Gasteiger partial charge in [-0.05, 0) is 50.9 Å². The quantitative estimate of drug-likeness (QED) is 0.676. The van der Waals surface area contributed by atoms with E-state index >= 15 is 0 Å². The molecule has 0 bridgehead atoms. The van der Waals surface area contributed by atoms with Gasteiger partial charge in [0.2, 0.25) is 15.9 Å². The Bertz CT molecular complexity index is 793. The number of carbonyl (C=O) groups is 1. The highest BCUT2D eigenvalue weighted by atomic mass is 35.5. The smallest absolute Gasteiger partial charge is 0.224 e. The third-order valence-electron chi connectivity index (χ3n) is 5.71. The summed E-state index contributed by atoms with van der Waals surface area (Å²) in [7, 11) is -3.61. The van der Waals surface area contributed by atoms with Crippen LogP contribution < -0.4 is 5.32 Å². The van der Waals surface area contributed by atoms with Gasteiger partial charge in [0.1, 0.15) is 0 Å². The summed E-state index contributed by atoms with van der Waals surface area (Å²) in [4.78, 5) is 15.0. The van der Waals surface area contributed by atoms with E-state index in [1.54, 1.807) is 18.2 Å². The van der Waals surface area contributed by atoms with E-state index in [4.69, 9.17) is 23.2 Å². The Kier molecular flexibility index (Phi) is 8.22. The van der Waals surface area contributed by atoms with Gasteiger partial charge in [-0.1, -0.05) is 35.7 Å². The molecule has 0 unspecified atom stereocenters. The first-order valence-corrected chi connectivity index (χ1v) is 12.6. The van der Waals surface area contributed by atoms with Crippen LogP contribution in [-0.2, 0) is 20.6 Å². The van der Waals surface area contributed by atoms with Gasteiger partial charge in [0.15, 0.2) is 0 Å². The second-order valence-electron chi connectivity index (χ2n) is 7.85. The van der Waals surface area contributed by atoms with Crippen LogP contribution in [0.25, 0.3) is 0 Å². The molecule has 2 fully saturated rings. The maximum absolute atomic E-state index is 12.9. The molecule has 2 saturated heterocycles. The number of sulfonamides is 1. The van der Waals surface area contributed by atoms with Crippen molar-refractivity contribution in [2.75, 3.05) is 39.3 Å². The molecule has 2 aliphatic rings. The number of hydrogen-bond donors (Lipinski definition) is 1. The lowest BCUT2D eigenvalue weighted by Gasteiger charge is -2.32. The number of nitrogens with one attached hydrogen (secondary N) is 1. The van der Waals surface area contributed by atoms with Crippen LogP contribution in [0.1, 0.15) is 37.7 Å². The van der Waals surface area contributed by atoms with E-state index in [1.165, 1.54) is 23.6 Å². The molecule has 0 spiro atoms. The summed E-state index contributed by atoms with van der Waals surface area (Å²) in [6, 6.07) is 4.95. The minimum absolute atomic E-state index is 0.0577. The zero-order chi connectivity index (χ0) is 20.9. The number of hydrogen-bond acceptors (Lipinski definition) is 4. The lowest BCUT2D eigenvalue weighted by molar-refractivity contribution is -0.126. The SMILES string of the molecule is O=C(NCCN1CCCCC1)[C@H]1CCCN(S(=O)(=O)Cc2c(Cl)cccc2Cl)C1. The molecular formula is C20H29Cl2N3O3S. The molecule has 1 aromatic carbocycles. The Labute approximate surface area is 183 Å². The van der Waals surface area contributed by atoms with Gasteiger partial charge in [0.25, 0.3) is 0 Å². The highest BCUT2D eigenvalue weighted by Crippen LogP contribution is 2.29. The number of amides is 1. The van der Waals surface area contributed by atoms with Gasteiger partial charge in [-0.2, -0.15) is 0 Å². The topological polar surface area (TPSA) is 69.7 Å². The van der Waals surface area contributed by atoms with E-state index in [2.05, 4.69) is 10.2 Å². The monoisotopic (exact) mass is 461 g/mol. The summed E-state index contributed by atoms with van der Waals surface area (Å²) in [5, 5.41) is 3.67. The van der Waals surface area contributed by atoms with E-state index < -0.39 is 10.0 Å². The van der Waals surface area contributed by atoms with Crippen LogP contribution in [0, 0.1) is 5.92 Å². The van der Waals surface area contributed by atoms with Gasteiger partial charge in [-0.25, -0.2) is 12.7 Å². The number of benzene rings is 1. The van der Waals surface area contributed by atoms with E-state index in [0.29, 0.717) is 41.5 Å².